The van der Waals surface area contributed by atoms with Crippen molar-refractivity contribution in [2.24, 2.45) is 0 Å². The van der Waals surface area contributed by atoms with E-state index < -0.39 is 0 Å². The van der Waals surface area contributed by atoms with Crippen molar-refractivity contribution >= 4 is 11.7 Å². The Morgan fingerprint density at radius 3 is 2.54 bits per heavy atom. The van der Waals surface area contributed by atoms with Gasteiger partial charge in [0.1, 0.15) is 11.5 Å². The number of carbonyl (C=O) groups excluding carboxylic acids is 1. The summed E-state index contributed by atoms with van der Waals surface area (Å²) < 4.78 is 10.8. The molecule has 0 unspecified atom stereocenters. The molecule has 2 amide bonds. The Bertz CT molecular complexity index is 873. The molecule has 0 radical (unpaired) electrons. The maximum Gasteiger partial charge on any atom is 0.319 e. The minimum absolute atomic E-state index is 0.195. The number of para-hydroxylation sites is 1. The zero-order chi connectivity index (χ0) is 17.8. The van der Waals surface area contributed by atoms with Crippen LogP contribution >= 0.6 is 0 Å². The van der Waals surface area contributed by atoms with Gasteiger partial charge in [-0.3, -0.25) is 0 Å². The van der Waals surface area contributed by atoms with Gasteiger partial charge < -0.3 is 19.9 Å². The topological polar surface area (TPSA) is 89.3 Å². The number of hydrogen-bond donors (Lipinski definition) is 2. The molecule has 1 heterocycles. The number of amides is 2. The monoisotopic (exact) mass is 350 g/mol. The van der Waals surface area contributed by atoms with E-state index in [1.165, 1.54) is 0 Å². The van der Waals surface area contributed by atoms with Crippen LogP contribution in [0.2, 0.25) is 0 Å². The van der Waals surface area contributed by atoms with Gasteiger partial charge in [-0.25, -0.2) is 4.79 Å². The van der Waals surface area contributed by atoms with E-state index in [9.17, 15) is 4.79 Å². The van der Waals surface area contributed by atoms with E-state index in [0.29, 0.717) is 23.2 Å². The Morgan fingerprint density at radius 1 is 1.08 bits per heavy atom. The van der Waals surface area contributed by atoms with Crippen LogP contribution in [0.15, 0.2) is 59.1 Å². The molecule has 0 bridgehead atoms. The molecule has 1 fully saturated rings. The van der Waals surface area contributed by atoms with Crippen LogP contribution < -0.4 is 15.4 Å². The van der Waals surface area contributed by atoms with Crippen LogP contribution in [0.25, 0.3) is 0 Å². The van der Waals surface area contributed by atoms with Crippen molar-refractivity contribution in [3.63, 3.8) is 0 Å². The lowest BCUT2D eigenvalue weighted by molar-refractivity contribution is 0.249. The Balaban J connectivity index is 1.26. The van der Waals surface area contributed by atoms with E-state index in [0.717, 1.165) is 24.4 Å². The lowest BCUT2D eigenvalue weighted by Crippen LogP contribution is -2.28. The Labute approximate surface area is 150 Å². The fourth-order valence-electron chi connectivity index (χ4n) is 2.41. The number of rotatable bonds is 6. The van der Waals surface area contributed by atoms with Crippen molar-refractivity contribution in [3.8, 4) is 11.5 Å². The molecule has 4 rings (SSSR count). The number of benzene rings is 2. The molecule has 132 valence electrons. The third-order valence-corrected chi connectivity index (χ3v) is 3.92. The maximum atomic E-state index is 12.0. The Kier molecular flexibility index (Phi) is 4.51. The van der Waals surface area contributed by atoms with Crippen molar-refractivity contribution in [1.29, 1.82) is 0 Å². The van der Waals surface area contributed by atoms with Gasteiger partial charge in [-0.05, 0) is 49.2 Å². The first-order chi connectivity index (χ1) is 12.8. The molecule has 1 aliphatic carbocycles. The summed E-state index contributed by atoms with van der Waals surface area (Å²) in [6.07, 6.45) is 2.22. The number of hydrogen-bond acceptors (Lipinski definition) is 5. The van der Waals surface area contributed by atoms with E-state index >= 15 is 0 Å². The highest BCUT2D eigenvalue weighted by Crippen LogP contribution is 2.38. The average molecular weight is 350 g/mol. The van der Waals surface area contributed by atoms with Gasteiger partial charge in [-0.2, -0.15) is 4.98 Å². The van der Waals surface area contributed by atoms with E-state index in [4.69, 9.17) is 9.26 Å². The first-order valence-electron chi connectivity index (χ1n) is 8.46. The summed E-state index contributed by atoms with van der Waals surface area (Å²) in [7, 11) is 0. The van der Waals surface area contributed by atoms with Crippen molar-refractivity contribution in [2.75, 3.05) is 5.32 Å². The van der Waals surface area contributed by atoms with Crippen LogP contribution in [-0.4, -0.2) is 16.2 Å². The number of anilines is 1. The number of urea groups is 1. The predicted molar refractivity (Wildman–Crippen MR) is 95.1 cm³/mol. The quantitative estimate of drug-likeness (QED) is 0.700. The predicted octanol–water partition coefficient (Wildman–Crippen LogP) is 4.06. The molecule has 2 aromatic carbocycles. The first-order valence-corrected chi connectivity index (χ1v) is 8.46. The summed E-state index contributed by atoms with van der Waals surface area (Å²) in [5.74, 6) is 3.03. The minimum Gasteiger partial charge on any atom is -0.457 e. The van der Waals surface area contributed by atoms with Gasteiger partial charge in [-0.1, -0.05) is 23.4 Å². The van der Waals surface area contributed by atoms with Crippen LogP contribution in [0.5, 0.6) is 11.5 Å². The lowest BCUT2D eigenvalue weighted by Gasteiger charge is -2.08. The van der Waals surface area contributed by atoms with Crippen LogP contribution in [-0.2, 0) is 6.54 Å². The molecule has 2 N–H and O–H groups in total. The van der Waals surface area contributed by atoms with Crippen LogP contribution in [0.3, 0.4) is 0 Å². The lowest BCUT2D eigenvalue weighted by atomic mass is 10.3. The number of ether oxygens (including phenoxy) is 1. The fourth-order valence-corrected chi connectivity index (χ4v) is 2.41. The Hall–Kier alpha value is -3.35. The van der Waals surface area contributed by atoms with E-state index in [1.54, 1.807) is 24.3 Å². The number of nitrogens with zero attached hydrogens (tertiary/aromatic N) is 2. The van der Waals surface area contributed by atoms with Gasteiger partial charge in [-0.15, -0.1) is 0 Å². The SMILES string of the molecule is O=C(NCc1nc(C2CC2)no1)Nc1ccc(Oc2ccccc2)cc1. The molecule has 3 aromatic rings. The molecule has 7 nitrogen and oxygen atoms in total. The van der Waals surface area contributed by atoms with E-state index in [2.05, 4.69) is 20.8 Å². The fraction of sp³-hybridized carbons (Fsp3) is 0.211. The second kappa shape index (κ2) is 7.26. The Morgan fingerprint density at radius 2 is 1.81 bits per heavy atom. The molecule has 1 aliphatic rings. The first kappa shape index (κ1) is 16.1. The highest BCUT2D eigenvalue weighted by atomic mass is 16.5. The smallest absolute Gasteiger partial charge is 0.319 e. The summed E-state index contributed by atoms with van der Waals surface area (Å²) in [6, 6.07) is 16.3. The van der Waals surface area contributed by atoms with Crippen molar-refractivity contribution in [3.05, 3.63) is 66.3 Å². The third kappa shape index (κ3) is 4.18. The largest absolute Gasteiger partial charge is 0.457 e. The molecule has 0 atom stereocenters. The van der Waals surface area contributed by atoms with Gasteiger partial charge in [0.25, 0.3) is 0 Å². The van der Waals surface area contributed by atoms with Crippen molar-refractivity contribution < 1.29 is 14.1 Å². The van der Waals surface area contributed by atoms with Gasteiger partial charge >= 0.3 is 6.03 Å². The normalized spacial score (nSPS) is 13.2. The van der Waals surface area contributed by atoms with Gasteiger partial charge in [0, 0.05) is 11.6 Å². The second-order valence-corrected chi connectivity index (χ2v) is 6.07. The van der Waals surface area contributed by atoms with Gasteiger partial charge in [0.05, 0.1) is 6.54 Å². The van der Waals surface area contributed by atoms with Crippen LogP contribution in [0.1, 0.15) is 30.5 Å². The summed E-state index contributed by atoms with van der Waals surface area (Å²) >= 11 is 0. The highest BCUT2D eigenvalue weighted by molar-refractivity contribution is 5.89. The second-order valence-electron chi connectivity index (χ2n) is 6.07. The molecule has 7 heteroatoms. The van der Waals surface area contributed by atoms with Crippen LogP contribution in [0, 0.1) is 0 Å². The molecular formula is C19H18N4O3. The van der Waals surface area contributed by atoms with Crippen LogP contribution in [0.4, 0.5) is 10.5 Å². The molecule has 0 spiro atoms. The van der Waals surface area contributed by atoms with Gasteiger partial charge in [0.2, 0.25) is 5.89 Å². The number of carbonyl (C=O) groups is 1. The number of aromatic nitrogens is 2. The molecular weight excluding hydrogens is 332 g/mol. The summed E-state index contributed by atoms with van der Waals surface area (Å²) in [5.41, 5.74) is 0.659. The molecule has 0 saturated heterocycles. The summed E-state index contributed by atoms with van der Waals surface area (Å²) in [6.45, 7) is 0.195. The number of nitrogens with one attached hydrogen (secondary N) is 2. The summed E-state index contributed by atoms with van der Waals surface area (Å²) in [4.78, 5) is 16.2. The van der Waals surface area contributed by atoms with Crippen molar-refractivity contribution in [1.82, 2.24) is 15.5 Å². The molecule has 26 heavy (non-hydrogen) atoms. The zero-order valence-electron chi connectivity index (χ0n) is 14.0. The van der Waals surface area contributed by atoms with E-state index in [1.807, 2.05) is 30.3 Å². The maximum absolute atomic E-state index is 12.0. The third-order valence-electron chi connectivity index (χ3n) is 3.92. The summed E-state index contributed by atoms with van der Waals surface area (Å²) in [5, 5.41) is 9.36. The zero-order valence-corrected chi connectivity index (χ0v) is 14.0. The molecule has 0 aliphatic heterocycles. The molecule has 1 aromatic heterocycles. The minimum atomic E-state index is -0.340. The average Bonchev–Trinajstić information content (AvgIpc) is 3.41. The molecule has 1 saturated carbocycles. The van der Waals surface area contributed by atoms with Crippen molar-refractivity contribution in [2.45, 2.75) is 25.3 Å². The standard InChI is InChI=1S/C19H18N4O3/c24-19(20-12-17-22-18(23-26-17)13-6-7-13)21-14-8-10-16(11-9-14)25-15-4-2-1-3-5-15/h1-5,8-11,13H,6-7,12H2,(H2,20,21,24). The highest BCUT2D eigenvalue weighted by Gasteiger charge is 2.28. The van der Waals surface area contributed by atoms with Gasteiger partial charge in [0.15, 0.2) is 5.82 Å². The van der Waals surface area contributed by atoms with E-state index in [-0.39, 0.29) is 12.6 Å².